The van der Waals surface area contributed by atoms with E-state index in [1.54, 1.807) is 6.33 Å². The van der Waals surface area contributed by atoms with Gasteiger partial charge in [-0.15, -0.1) is 10.2 Å². The highest BCUT2D eigenvalue weighted by molar-refractivity contribution is 4.84. The van der Waals surface area contributed by atoms with Crippen molar-refractivity contribution in [3.05, 3.63) is 12.2 Å². The van der Waals surface area contributed by atoms with Crippen LogP contribution < -0.4 is 5.32 Å². The van der Waals surface area contributed by atoms with Crippen molar-refractivity contribution in [3.8, 4) is 0 Å². The third kappa shape index (κ3) is 3.28. The van der Waals surface area contributed by atoms with Crippen molar-refractivity contribution in [2.24, 2.45) is 7.05 Å². The van der Waals surface area contributed by atoms with Crippen molar-refractivity contribution < 1.29 is 4.74 Å². The predicted molar refractivity (Wildman–Crippen MR) is 61.2 cm³/mol. The van der Waals surface area contributed by atoms with Gasteiger partial charge in [-0.3, -0.25) is 0 Å². The van der Waals surface area contributed by atoms with Crippen molar-refractivity contribution >= 4 is 0 Å². The zero-order chi connectivity index (χ0) is 11.2. The molecule has 1 unspecified atom stereocenters. The van der Waals surface area contributed by atoms with Crippen molar-refractivity contribution in [2.75, 3.05) is 19.7 Å². The lowest BCUT2D eigenvalue weighted by atomic mass is 10.2. The monoisotopic (exact) mass is 224 g/mol. The highest BCUT2D eigenvalue weighted by atomic mass is 16.5. The molecule has 0 amide bonds. The second-order valence-corrected chi connectivity index (χ2v) is 4.28. The number of aryl methyl sites for hydroxylation is 1. The Balaban J connectivity index is 1.53. The van der Waals surface area contributed by atoms with Crippen LogP contribution in [0, 0.1) is 0 Å². The molecular formula is C11H20N4O. The summed E-state index contributed by atoms with van der Waals surface area (Å²) in [5.41, 5.74) is 0. The lowest BCUT2D eigenvalue weighted by Crippen LogP contribution is -2.23. The summed E-state index contributed by atoms with van der Waals surface area (Å²) in [5, 5.41) is 11.3. The first-order valence-corrected chi connectivity index (χ1v) is 6.01. The number of hydrogen-bond acceptors (Lipinski definition) is 4. The molecule has 90 valence electrons. The van der Waals surface area contributed by atoms with Gasteiger partial charge in [-0.1, -0.05) is 0 Å². The van der Waals surface area contributed by atoms with Gasteiger partial charge in [0, 0.05) is 26.6 Å². The summed E-state index contributed by atoms with van der Waals surface area (Å²) in [6.45, 7) is 2.94. The van der Waals surface area contributed by atoms with E-state index < -0.39 is 0 Å². The van der Waals surface area contributed by atoms with Gasteiger partial charge in [-0.2, -0.15) is 0 Å². The van der Waals surface area contributed by atoms with Crippen LogP contribution in [0.5, 0.6) is 0 Å². The summed E-state index contributed by atoms with van der Waals surface area (Å²) in [4.78, 5) is 0. The summed E-state index contributed by atoms with van der Waals surface area (Å²) < 4.78 is 7.52. The molecule has 0 spiro atoms. The Morgan fingerprint density at radius 3 is 3.19 bits per heavy atom. The number of rotatable bonds is 6. The van der Waals surface area contributed by atoms with Gasteiger partial charge in [0.1, 0.15) is 12.2 Å². The van der Waals surface area contributed by atoms with E-state index in [0.29, 0.717) is 6.10 Å². The molecule has 1 N–H and O–H groups in total. The van der Waals surface area contributed by atoms with Gasteiger partial charge in [0.15, 0.2) is 0 Å². The number of nitrogens with one attached hydrogen (secondary N) is 1. The average Bonchev–Trinajstić information content (AvgIpc) is 2.90. The lowest BCUT2D eigenvalue weighted by Gasteiger charge is -2.09. The molecular weight excluding hydrogens is 204 g/mol. The van der Waals surface area contributed by atoms with Crippen LogP contribution in [0.15, 0.2) is 6.33 Å². The van der Waals surface area contributed by atoms with E-state index in [9.17, 15) is 0 Å². The third-order valence-corrected chi connectivity index (χ3v) is 3.00. The molecule has 5 heteroatoms. The molecule has 16 heavy (non-hydrogen) atoms. The maximum absolute atomic E-state index is 5.56. The summed E-state index contributed by atoms with van der Waals surface area (Å²) >= 11 is 0. The summed E-state index contributed by atoms with van der Waals surface area (Å²) in [6.07, 6.45) is 6.74. The van der Waals surface area contributed by atoms with E-state index in [1.165, 1.54) is 12.8 Å². The molecule has 2 heterocycles. The van der Waals surface area contributed by atoms with E-state index in [0.717, 1.165) is 38.4 Å². The topological polar surface area (TPSA) is 52.0 Å². The molecule has 1 fully saturated rings. The molecule has 0 saturated carbocycles. The highest BCUT2D eigenvalue weighted by Gasteiger charge is 2.14. The molecule has 0 bridgehead atoms. The van der Waals surface area contributed by atoms with Crippen LogP contribution in [0.1, 0.15) is 25.1 Å². The minimum atomic E-state index is 0.488. The Bertz CT molecular complexity index is 307. The molecule has 1 saturated heterocycles. The van der Waals surface area contributed by atoms with Crippen LogP contribution in [-0.2, 0) is 18.2 Å². The Kier molecular flexibility index (Phi) is 4.30. The fourth-order valence-electron chi connectivity index (χ4n) is 1.99. The maximum atomic E-state index is 5.56. The fourth-order valence-corrected chi connectivity index (χ4v) is 1.99. The molecule has 0 aliphatic carbocycles. The maximum Gasteiger partial charge on any atom is 0.133 e. The zero-order valence-electron chi connectivity index (χ0n) is 9.85. The van der Waals surface area contributed by atoms with Crippen LogP contribution in [-0.4, -0.2) is 40.6 Å². The largest absolute Gasteiger partial charge is 0.378 e. The van der Waals surface area contributed by atoms with Crippen LogP contribution in [0.2, 0.25) is 0 Å². The average molecular weight is 224 g/mol. The van der Waals surface area contributed by atoms with Gasteiger partial charge >= 0.3 is 0 Å². The summed E-state index contributed by atoms with van der Waals surface area (Å²) in [6, 6.07) is 0. The molecule has 1 atom stereocenters. The molecule has 1 aromatic rings. The van der Waals surface area contributed by atoms with Gasteiger partial charge < -0.3 is 14.6 Å². The van der Waals surface area contributed by atoms with Crippen molar-refractivity contribution in [1.29, 1.82) is 0 Å². The van der Waals surface area contributed by atoms with Crippen LogP contribution in [0.25, 0.3) is 0 Å². The van der Waals surface area contributed by atoms with Gasteiger partial charge in [-0.05, 0) is 25.8 Å². The first-order chi connectivity index (χ1) is 7.86. The number of ether oxygens (including phenoxy) is 1. The van der Waals surface area contributed by atoms with Gasteiger partial charge in [0.25, 0.3) is 0 Å². The van der Waals surface area contributed by atoms with Crippen molar-refractivity contribution in [1.82, 2.24) is 20.1 Å². The van der Waals surface area contributed by atoms with Gasteiger partial charge in [-0.25, -0.2) is 0 Å². The van der Waals surface area contributed by atoms with Crippen LogP contribution >= 0.6 is 0 Å². The normalized spacial score (nSPS) is 20.4. The predicted octanol–water partition coefficient (Wildman–Crippen LogP) is 0.516. The van der Waals surface area contributed by atoms with E-state index in [1.807, 2.05) is 11.6 Å². The minimum absolute atomic E-state index is 0.488. The smallest absolute Gasteiger partial charge is 0.133 e. The van der Waals surface area contributed by atoms with Crippen LogP contribution in [0.3, 0.4) is 0 Å². The van der Waals surface area contributed by atoms with E-state index in [2.05, 4.69) is 15.5 Å². The Morgan fingerprint density at radius 1 is 1.56 bits per heavy atom. The van der Waals surface area contributed by atoms with Crippen molar-refractivity contribution in [2.45, 2.75) is 31.8 Å². The quantitative estimate of drug-likeness (QED) is 0.716. The molecule has 2 rings (SSSR count). The molecule has 5 nitrogen and oxygen atoms in total. The Hall–Kier alpha value is -0.940. The first-order valence-electron chi connectivity index (χ1n) is 6.01. The molecule has 0 radical (unpaired) electrons. The highest BCUT2D eigenvalue weighted by Crippen LogP contribution is 2.14. The van der Waals surface area contributed by atoms with Crippen molar-refractivity contribution in [3.63, 3.8) is 0 Å². The van der Waals surface area contributed by atoms with E-state index in [-0.39, 0.29) is 0 Å². The Labute approximate surface area is 96.2 Å². The number of hydrogen-bond donors (Lipinski definition) is 1. The molecule has 1 aliphatic rings. The second kappa shape index (κ2) is 5.96. The minimum Gasteiger partial charge on any atom is -0.378 e. The number of nitrogens with zero attached hydrogens (tertiary/aromatic N) is 3. The third-order valence-electron chi connectivity index (χ3n) is 3.00. The summed E-state index contributed by atoms with van der Waals surface area (Å²) in [5.74, 6) is 1.03. The SMILES string of the molecule is Cn1cnnc1CCNCCC1CCCO1. The first kappa shape index (κ1) is 11.5. The molecule has 0 aromatic carbocycles. The molecule has 1 aliphatic heterocycles. The van der Waals surface area contributed by atoms with E-state index >= 15 is 0 Å². The van der Waals surface area contributed by atoms with E-state index in [4.69, 9.17) is 4.74 Å². The summed E-state index contributed by atoms with van der Waals surface area (Å²) in [7, 11) is 1.97. The Morgan fingerprint density at radius 2 is 2.50 bits per heavy atom. The molecule has 1 aromatic heterocycles. The lowest BCUT2D eigenvalue weighted by molar-refractivity contribution is 0.104. The van der Waals surface area contributed by atoms with Gasteiger partial charge in [0.2, 0.25) is 0 Å². The standard InChI is InChI=1S/C11H20N4O/c1-15-9-13-14-11(15)5-7-12-6-4-10-3-2-8-16-10/h9-10,12H,2-8H2,1H3. The second-order valence-electron chi connectivity index (χ2n) is 4.28. The van der Waals surface area contributed by atoms with Gasteiger partial charge in [0.05, 0.1) is 6.10 Å². The fraction of sp³-hybridized carbons (Fsp3) is 0.818. The zero-order valence-corrected chi connectivity index (χ0v) is 9.85. The van der Waals surface area contributed by atoms with Crippen LogP contribution in [0.4, 0.5) is 0 Å². The number of aromatic nitrogens is 3.